The summed E-state index contributed by atoms with van der Waals surface area (Å²) in [5, 5.41) is 4.89. The summed E-state index contributed by atoms with van der Waals surface area (Å²) in [5.41, 5.74) is 1.95. The van der Waals surface area contributed by atoms with Crippen LogP contribution in [0.5, 0.6) is 0 Å². The molecule has 3 nitrogen and oxygen atoms in total. The Labute approximate surface area is 143 Å². The average Bonchev–Trinajstić information content (AvgIpc) is 2.63. The molecule has 0 radical (unpaired) electrons. The highest BCUT2D eigenvalue weighted by Gasteiger charge is 2.26. The van der Waals surface area contributed by atoms with E-state index in [0.717, 1.165) is 22.0 Å². The Balaban J connectivity index is 2.01. The van der Waals surface area contributed by atoms with Gasteiger partial charge in [-0.1, -0.05) is 36.4 Å². The molecule has 0 heterocycles. The summed E-state index contributed by atoms with van der Waals surface area (Å²) in [6, 6.07) is 27.2. The van der Waals surface area contributed by atoms with Gasteiger partial charge in [-0.25, -0.2) is 0 Å². The maximum absolute atomic E-state index is 13.9. The van der Waals surface area contributed by atoms with Crippen molar-refractivity contribution in [3.63, 3.8) is 0 Å². The van der Waals surface area contributed by atoms with Crippen LogP contribution in [0.4, 0.5) is 11.4 Å². The van der Waals surface area contributed by atoms with Gasteiger partial charge in [-0.2, -0.15) is 0 Å². The third kappa shape index (κ3) is 3.37. The van der Waals surface area contributed by atoms with Crippen molar-refractivity contribution < 1.29 is 4.57 Å². The van der Waals surface area contributed by atoms with Gasteiger partial charge in [0.2, 0.25) is 7.29 Å². The van der Waals surface area contributed by atoms with Crippen molar-refractivity contribution in [3.05, 3.63) is 84.9 Å². The molecule has 0 aliphatic carbocycles. The number of rotatable bonds is 5. The molecule has 0 atom stereocenters. The highest BCUT2D eigenvalue weighted by atomic mass is 31.2. The van der Waals surface area contributed by atoms with Crippen LogP contribution in [0.1, 0.15) is 0 Å². The first-order chi connectivity index (χ1) is 11.6. The second-order valence-electron chi connectivity index (χ2n) is 5.83. The highest BCUT2D eigenvalue weighted by Crippen LogP contribution is 2.43. The Morgan fingerprint density at radius 3 is 1.58 bits per heavy atom. The first-order valence-electron chi connectivity index (χ1n) is 7.86. The lowest BCUT2D eigenvalue weighted by Gasteiger charge is -2.22. The fourth-order valence-corrected chi connectivity index (χ4v) is 4.82. The largest absolute Gasteiger partial charge is 0.378 e. The van der Waals surface area contributed by atoms with Gasteiger partial charge in [0.1, 0.15) is 0 Å². The Kier molecular flexibility index (Phi) is 4.73. The molecule has 0 bridgehead atoms. The molecule has 0 amide bonds. The summed E-state index contributed by atoms with van der Waals surface area (Å²) in [6.45, 7) is 0. The van der Waals surface area contributed by atoms with Gasteiger partial charge in [0.15, 0.2) is 0 Å². The minimum atomic E-state index is -2.95. The van der Waals surface area contributed by atoms with Gasteiger partial charge in [0, 0.05) is 36.1 Å². The molecular formula is C20H21N2OP. The van der Waals surface area contributed by atoms with E-state index >= 15 is 0 Å². The molecule has 0 saturated heterocycles. The topological polar surface area (TPSA) is 32.3 Å². The van der Waals surface area contributed by atoms with Crippen LogP contribution in [-0.2, 0) is 4.57 Å². The molecule has 3 aromatic rings. The predicted octanol–water partition coefficient (Wildman–Crippen LogP) is 4.09. The maximum atomic E-state index is 13.9. The zero-order valence-corrected chi connectivity index (χ0v) is 14.8. The number of nitrogens with zero attached hydrogens (tertiary/aromatic N) is 1. The van der Waals surface area contributed by atoms with Crippen LogP contribution in [-0.4, -0.2) is 14.1 Å². The molecule has 3 aromatic carbocycles. The fourth-order valence-electron chi connectivity index (χ4n) is 2.57. The van der Waals surface area contributed by atoms with Crippen LogP contribution in [0.2, 0.25) is 0 Å². The van der Waals surface area contributed by atoms with Gasteiger partial charge in [-0.3, -0.25) is 4.57 Å². The second-order valence-corrected chi connectivity index (χ2v) is 8.31. The lowest BCUT2D eigenvalue weighted by atomic mass is 10.3. The monoisotopic (exact) mass is 336 g/mol. The number of hydrogen-bond acceptors (Lipinski definition) is 2. The Bertz CT molecular complexity index is 787. The van der Waals surface area contributed by atoms with Gasteiger partial charge in [0.05, 0.1) is 0 Å². The molecule has 0 fully saturated rings. The van der Waals surface area contributed by atoms with E-state index in [9.17, 15) is 4.57 Å². The lowest BCUT2D eigenvalue weighted by Crippen LogP contribution is -2.21. The lowest BCUT2D eigenvalue weighted by molar-refractivity contribution is 0.590. The number of hydrogen-bond donors (Lipinski definition) is 1. The van der Waals surface area contributed by atoms with Crippen LogP contribution in [0.3, 0.4) is 0 Å². The summed E-state index contributed by atoms with van der Waals surface area (Å²) in [7, 11) is 1.05. The highest BCUT2D eigenvalue weighted by molar-refractivity contribution is 7.80. The quantitative estimate of drug-likeness (QED) is 0.712. The van der Waals surface area contributed by atoms with E-state index in [4.69, 9.17) is 0 Å². The fraction of sp³-hybridized carbons (Fsp3) is 0.100. The summed E-state index contributed by atoms with van der Waals surface area (Å²) in [6.07, 6.45) is 0. The molecule has 4 heteroatoms. The average molecular weight is 336 g/mol. The van der Waals surface area contributed by atoms with Crippen molar-refractivity contribution >= 4 is 29.3 Å². The van der Waals surface area contributed by atoms with Crippen molar-refractivity contribution in [1.82, 2.24) is 0 Å². The van der Waals surface area contributed by atoms with Crippen LogP contribution in [0.15, 0.2) is 84.9 Å². The molecule has 0 spiro atoms. The number of nitrogens with one attached hydrogen (secondary N) is 1. The number of benzene rings is 3. The van der Waals surface area contributed by atoms with Gasteiger partial charge >= 0.3 is 0 Å². The summed E-state index contributed by atoms with van der Waals surface area (Å²) < 4.78 is 13.9. The molecule has 1 N–H and O–H groups in total. The Hall–Kier alpha value is -2.51. The van der Waals surface area contributed by atoms with E-state index in [-0.39, 0.29) is 0 Å². The molecule has 122 valence electrons. The van der Waals surface area contributed by atoms with Gasteiger partial charge in [0.25, 0.3) is 0 Å². The van der Waals surface area contributed by atoms with Crippen molar-refractivity contribution in [1.29, 1.82) is 0 Å². The molecule has 0 unspecified atom stereocenters. The van der Waals surface area contributed by atoms with Crippen LogP contribution in [0.25, 0.3) is 0 Å². The molecular weight excluding hydrogens is 315 g/mol. The smallest absolute Gasteiger partial charge is 0.227 e. The normalized spacial score (nSPS) is 11.1. The van der Waals surface area contributed by atoms with Crippen LogP contribution < -0.4 is 20.6 Å². The van der Waals surface area contributed by atoms with E-state index in [1.165, 1.54) is 0 Å². The SMILES string of the molecule is CN(C)c1ccc(NP(=O)(c2ccccc2)c2ccccc2)cc1. The van der Waals surface area contributed by atoms with E-state index in [1.807, 2.05) is 104 Å². The van der Waals surface area contributed by atoms with Crippen molar-refractivity contribution in [2.75, 3.05) is 24.1 Å². The minimum Gasteiger partial charge on any atom is -0.378 e. The zero-order chi connectivity index (χ0) is 17.0. The van der Waals surface area contributed by atoms with E-state index in [0.29, 0.717) is 0 Å². The van der Waals surface area contributed by atoms with Gasteiger partial charge in [-0.15, -0.1) is 0 Å². The first-order valence-corrected chi connectivity index (χ1v) is 9.57. The van der Waals surface area contributed by atoms with E-state index in [2.05, 4.69) is 5.09 Å². The second kappa shape index (κ2) is 6.94. The Morgan fingerprint density at radius 1 is 0.708 bits per heavy atom. The van der Waals surface area contributed by atoms with Crippen LogP contribution in [0, 0.1) is 0 Å². The molecule has 24 heavy (non-hydrogen) atoms. The Morgan fingerprint density at radius 2 is 1.17 bits per heavy atom. The first kappa shape index (κ1) is 16.4. The minimum absolute atomic E-state index is 0.799. The molecule has 0 saturated carbocycles. The molecule has 3 rings (SSSR count). The third-order valence-corrected chi connectivity index (χ3v) is 6.53. The van der Waals surface area contributed by atoms with Crippen molar-refractivity contribution in [2.45, 2.75) is 0 Å². The molecule has 0 aliphatic heterocycles. The predicted molar refractivity (Wildman–Crippen MR) is 104 cm³/mol. The van der Waals surface area contributed by atoms with E-state index < -0.39 is 7.29 Å². The molecule has 0 aliphatic rings. The standard InChI is InChI=1S/C20H21N2OP/c1-22(2)18-15-13-17(14-16-18)21-24(23,19-9-5-3-6-10-19)20-11-7-4-8-12-20/h3-16H,1-2H3,(H,21,23). The van der Waals surface area contributed by atoms with Crippen LogP contribution >= 0.6 is 7.29 Å². The van der Waals surface area contributed by atoms with Gasteiger partial charge < -0.3 is 9.99 Å². The number of anilines is 2. The zero-order valence-electron chi connectivity index (χ0n) is 13.9. The van der Waals surface area contributed by atoms with Crippen molar-refractivity contribution in [2.24, 2.45) is 0 Å². The van der Waals surface area contributed by atoms with Crippen molar-refractivity contribution in [3.8, 4) is 0 Å². The summed E-state index contributed by atoms with van der Waals surface area (Å²) >= 11 is 0. The summed E-state index contributed by atoms with van der Waals surface area (Å²) in [4.78, 5) is 2.04. The summed E-state index contributed by atoms with van der Waals surface area (Å²) in [5.74, 6) is 0. The van der Waals surface area contributed by atoms with E-state index in [1.54, 1.807) is 0 Å². The maximum Gasteiger partial charge on any atom is 0.227 e. The van der Waals surface area contributed by atoms with Gasteiger partial charge in [-0.05, 0) is 48.5 Å². The third-order valence-electron chi connectivity index (χ3n) is 3.91. The molecule has 0 aromatic heterocycles.